The van der Waals surface area contributed by atoms with Crippen LogP contribution < -0.4 is 0 Å². The molecule has 0 amide bonds. The number of ether oxygens (including phenoxy) is 2. The van der Waals surface area contributed by atoms with E-state index in [0.717, 1.165) is 57.8 Å². The smallest absolute Gasteiger partial charge is 0.462 e. The van der Waals surface area contributed by atoms with Crippen LogP contribution in [0, 0.1) is 0 Å². The van der Waals surface area contributed by atoms with Crippen LogP contribution in [0.25, 0.3) is 0 Å². The largest absolute Gasteiger partial charge is 0.472 e. The van der Waals surface area contributed by atoms with E-state index >= 15 is 0 Å². The lowest BCUT2D eigenvalue weighted by Crippen LogP contribution is -2.29. The minimum atomic E-state index is -4.60. The summed E-state index contributed by atoms with van der Waals surface area (Å²) in [5, 5.41) is 18.2. The van der Waals surface area contributed by atoms with Crippen LogP contribution in [0.5, 0.6) is 0 Å². The van der Waals surface area contributed by atoms with Gasteiger partial charge in [0.25, 0.3) is 0 Å². The number of esters is 2. The molecule has 0 saturated heterocycles. The second-order valence-electron chi connectivity index (χ2n) is 10.8. The Kier molecular flexibility index (Phi) is 27.6. The van der Waals surface area contributed by atoms with Crippen molar-refractivity contribution in [1.29, 1.82) is 0 Å². The fraction of sp³-hybridized carbons (Fsp3) is 0.871. The molecule has 248 valence electrons. The molecule has 0 aromatic carbocycles. The van der Waals surface area contributed by atoms with E-state index in [1.54, 1.807) is 0 Å². The first-order chi connectivity index (χ1) is 20.2. The van der Waals surface area contributed by atoms with Crippen LogP contribution in [0.4, 0.5) is 0 Å². The lowest BCUT2D eigenvalue weighted by molar-refractivity contribution is -0.161. The number of hydrogen-bond acceptors (Lipinski definition) is 9. The first kappa shape index (κ1) is 40.7. The summed E-state index contributed by atoms with van der Waals surface area (Å²) < 4.78 is 32.3. The lowest BCUT2D eigenvalue weighted by atomic mass is 10.1. The number of rotatable bonds is 30. The van der Waals surface area contributed by atoms with E-state index in [1.807, 2.05) is 0 Å². The molecule has 0 aliphatic rings. The van der Waals surface area contributed by atoms with Gasteiger partial charge in [-0.25, -0.2) is 4.57 Å². The lowest BCUT2D eigenvalue weighted by Gasteiger charge is -2.20. The second kappa shape index (κ2) is 28.5. The van der Waals surface area contributed by atoms with Crippen molar-refractivity contribution in [1.82, 2.24) is 0 Å². The number of carbonyl (C=O) groups is 2. The highest BCUT2D eigenvalue weighted by Crippen LogP contribution is 2.43. The molecule has 3 N–H and O–H groups in total. The molecule has 10 nitrogen and oxygen atoms in total. The van der Waals surface area contributed by atoms with E-state index in [1.165, 1.54) is 38.5 Å². The summed E-state index contributed by atoms with van der Waals surface area (Å²) in [7, 11) is -4.60. The Bertz CT molecular complexity index is 731. The third-order valence-electron chi connectivity index (χ3n) is 6.67. The topological polar surface area (TPSA) is 149 Å². The molecule has 0 spiro atoms. The van der Waals surface area contributed by atoms with Gasteiger partial charge in [-0.1, -0.05) is 96.6 Å². The third kappa shape index (κ3) is 27.5. The molecule has 0 bridgehead atoms. The van der Waals surface area contributed by atoms with Crippen molar-refractivity contribution >= 4 is 19.8 Å². The van der Waals surface area contributed by atoms with Crippen molar-refractivity contribution in [3.8, 4) is 0 Å². The maximum absolute atomic E-state index is 12.4. The van der Waals surface area contributed by atoms with Gasteiger partial charge in [-0.05, 0) is 38.5 Å². The van der Waals surface area contributed by atoms with Gasteiger partial charge in [0, 0.05) is 12.8 Å². The molecule has 3 atom stereocenters. The second-order valence-corrected chi connectivity index (χ2v) is 12.3. The highest BCUT2D eigenvalue weighted by molar-refractivity contribution is 7.47. The van der Waals surface area contributed by atoms with Crippen LogP contribution in [0.3, 0.4) is 0 Å². The molecule has 0 aromatic rings. The first-order valence-corrected chi connectivity index (χ1v) is 17.6. The summed E-state index contributed by atoms with van der Waals surface area (Å²) in [6.45, 7) is 2.26. The van der Waals surface area contributed by atoms with Gasteiger partial charge in [0.1, 0.15) is 12.7 Å². The van der Waals surface area contributed by atoms with E-state index in [9.17, 15) is 24.2 Å². The van der Waals surface area contributed by atoms with E-state index in [4.69, 9.17) is 19.1 Å². The van der Waals surface area contributed by atoms with Crippen LogP contribution in [0.2, 0.25) is 0 Å². The maximum atomic E-state index is 12.4. The maximum Gasteiger partial charge on any atom is 0.472 e. The Morgan fingerprint density at radius 1 is 0.690 bits per heavy atom. The molecule has 0 aliphatic carbocycles. The van der Waals surface area contributed by atoms with Crippen molar-refractivity contribution in [2.45, 2.75) is 148 Å². The predicted octanol–water partition coefficient (Wildman–Crippen LogP) is 6.94. The third-order valence-corrected chi connectivity index (χ3v) is 7.62. The van der Waals surface area contributed by atoms with Gasteiger partial charge < -0.3 is 24.6 Å². The molecule has 0 fully saturated rings. The summed E-state index contributed by atoms with van der Waals surface area (Å²) in [5.41, 5.74) is 0. The van der Waals surface area contributed by atoms with Crippen LogP contribution in [0.15, 0.2) is 12.2 Å². The van der Waals surface area contributed by atoms with E-state index in [0.29, 0.717) is 12.8 Å². The van der Waals surface area contributed by atoms with Crippen molar-refractivity contribution in [2.24, 2.45) is 0 Å². The number of aliphatic hydroxyl groups is 2. The van der Waals surface area contributed by atoms with Gasteiger partial charge in [-0.15, -0.1) is 0 Å². The zero-order valence-electron chi connectivity index (χ0n) is 26.2. The number of unbranched alkanes of at least 4 members (excludes halogenated alkanes) is 14. The van der Waals surface area contributed by atoms with Gasteiger partial charge in [0.15, 0.2) is 6.10 Å². The standard InChI is InChI=1S/C31H59O10P/c1-3-5-7-9-11-12-13-14-15-17-19-21-23-31(35)41-29(27-40-42(36,37)39-25-28(33)24-32)26-38-30(34)22-20-18-16-10-8-6-4-2/h11-12,28-29,32-33H,3-10,13-27H2,1-2H3,(H,36,37)/b12-11+/t28-,29+/m0/s1. The van der Waals surface area contributed by atoms with Crippen LogP contribution >= 0.6 is 7.82 Å². The zero-order valence-corrected chi connectivity index (χ0v) is 27.1. The molecular formula is C31H59O10P. The van der Waals surface area contributed by atoms with Crippen LogP contribution in [0.1, 0.15) is 136 Å². The van der Waals surface area contributed by atoms with Crippen LogP contribution in [-0.4, -0.2) is 65.7 Å². The number of aliphatic hydroxyl groups excluding tert-OH is 2. The quantitative estimate of drug-likeness (QED) is 0.0333. The zero-order chi connectivity index (χ0) is 31.3. The fourth-order valence-corrected chi connectivity index (χ4v) is 4.89. The summed E-state index contributed by atoms with van der Waals surface area (Å²) in [4.78, 5) is 34.4. The number of allylic oxidation sites excluding steroid dienone is 2. The van der Waals surface area contributed by atoms with Gasteiger partial charge in [0.2, 0.25) is 0 Å². The Morgan fingerprint density at radius 2 is 1.17 bits per heavy atom. The van der Waals surface area contributed by atoms with Crippen molar-refractivity contribution in [3.63, 3.8) is 0 Å². The number of phosphoric acid groups is 1. The molecule has 11 heteroatoms. The SMILES string of the molecule is CCCCC/C=C/CCCCCCCC(=O)O[C@H](COC(=O)CCCCCCCCC)COP(=O)(O)OC[C@@H](O)CO. The van der Waals surface area contributed by atoms with Gasteiger partial charge in [-0.3, -0.25) is 18.6 Å². The average molecular weight is 623 g/mol. The molecule has 0 aliphatic heterocycles. The Labute approximate surface area is 254 Å². The molecule has 0 aromatic heterocycles. The number of hydrogen-bond donors (Lipinski definition) is 3. The summed E-state index contributed by atoms with van der Waals surface area (Å²) >= 11 is 0. The average Bonchev–Trinajstić information content (AvgIpc) is 2.97. The van der Waals surface area contributed by atoms with Crippen molar-refractivity contribution in [3.05, 3.63) is 12.2 Å². The normalized spacial score (nSPS) is 14.5. The molecule has 0 rings (SSSR count). The summed E-state index contributed by atoms with van der Waals surface area (Å²) in [5.74, 6) is -0.943. The minimum Gasteiger partial charge on any atom is -0.462 e. The Hall–Kier alpha value is -1.29. The minimum absolute atomic E-state index is 0.176. The summed E-state index contributed by atoms with van der Waals surface area (Å²) in [6.07, 6.45) is 20.7. The first-order valence-electron chi connectivity index (χ1n) is 16.1. The molecule has 0 saturated carbocycles. The highest BCUT2D eigenvalue weighted by atomic mass is 31.2. The van der Waals surface area contributed by atoms with Crippen molar-refractivity contribution < 1.29 is 47.8 Å². The highest BCUT2D eigenvalue weighted by Gasteiger charge is 2.27. The predicted molar refractivity (Wildman–Crippen MR) is 164 cm³/mol. The monoisotopic (exact) mass is 622 g/mol. The number of carbonyl (C=O) groups excluding carboxylic acids is 2. The van der Waals surface area contributed by atoms with Crippen molar-refractivity contribution in [2.75, 3.05) is 26.4 Å². The Balaban J connectivity index is 4.46. The Morgan fingerprint density at radius 3 is 1.76 bits per heavy atom. The van der Waals surface area contributed by atoms with E-state index in [-0.39, 0.29) is 19.4 Å². The van der Waals surface area contributed by atoms with E-state index < -0.39 is 51.8 Å². The van der Waals surface area contributed by atoms with Gasteiger partial charge >= 0.3 is 19.8 Å². The fourth-order valence-electron chi connectivity index (χ4n) is 4.10. The summed E-state index contributed by atoms with van der Waals surface area (Å²) in [6, 6.07) is 0. The molecule has 1 unspecified atom stereocenters. The van der Waals surface area contributed by atoms with Gasteiger partial charge in [-0.2, -0.15) is 0 Å². The van der Waals surface area contributed by atoms with Crippen LogP contribution in [-0.2, 0) is 32.7 Å². The molecule has 0 radical (unpaired) electrons. The molecule has 0 heterocycles. The molecule has 42 heavy (non-hydrogen) atoms. The number of phosphoric ester groups is 1. The van der Waals surface area contributed by atoms with E-state index in [2.05, 4.69) is 30.5 Å². The van der Waals surface area contributed by atoms with Gasteiger partial charge in [0.05, 0.1) is 19.8 Å². The molecular weight excluding hydrogens is 563 g/mol.